The van der Waals surface area contributed by atoms with Crippen LogP contribution in [0.4, 0.5) is 10.5 Å². The number of amides is 3. The number of anilines is 1. The molecule has 2 N–H and O–H groups in total. The maximum Gasteiger partial charge on any atom is 0.321 e. The Labute approximate surface area is 147 Å². The van der Waals surface area contributed by atoms with Gasteiger partial charge in [0.15, 0.2) is 0 Å². The quantitative estimate of drug-likeness (QED) is 0.897. The zero-order valence-corrected chi connectivity index (χ0v) is 14.3. The topological polar surface area (TPSA) is 74.6 Å². The molecule has 2 aromatic rings. The lowest BCUT2D eigenvalue weighted by molar-refractivity contribution is -0.126. The molecule has 1 aliphatic heterocycles. The first-order chi connectivity index (χ1) is 12.1. The van der Waals surface area contributed by atoms with Crippen LogP contribution in [0.2, 0.25) is 0 Å². The summed E-state index contributed by atoms with van der Waals surface area (Å²) >= 11 is 0. The summed E-state index contributed by atoms with van der Waals surface area (Å²) in [5.74, 6) is 0.705. The number of rotatable bonds is 4. The van der Waals surface area contributed by atoms with Crippen LogP contribution in [-0.4, -0.2) is 29.9 Å². The summed E-state index contributed by atoms with van der Waals surface area (Å²) in [7, 11) is 0. The normalized spacial score (nSPS) is 15.0. The Morgan fingerprint density at radius 3 is 2.52 bits per heavy atom. The number of hydrogen-bond donors (Lipinski definition) is 2. The summed E-state index contributed by atoms with van der Waals surface area (Å²) < 4.78 is 5.21. The van der Waals surface area contributed by atoms with Crippen LogP contribution in [0.15, 0.2) is 47.1 Å². The number of carbonyl (C=O) groups excluding carboxylic acids is 2. The molecule has 0 saturated carbocycles. The number of benzene rings is 1. The average Bonchev–Trinajstić information content (AvgIpc) is 3.15. The second-order valence-corrected chi connectivity index (χ2v) is 6.35. The predicted molar refractivity (Wildman–Crippen MR) is 95.0 cm³/mol. The lowest BCUT2D eigenvalue weighted by atomic mass is 9.96. The number of piperidine rings is 1. The van der Waals surface area contributed by atoms with Crippen molar-refractivity contribution in [1.82, 2.24) is 10.2 Å². The smallest absolute Gasteiger partial charge is 0.321 e. The van der Waals surface area contributed by atoms with Gasteiger partial charge in [-0.3, -0.25) is 4.79 Å². The first-order valence-electron chi connectivity index (χ1n) is 8.54. The first-order valence-corrected chi connectivity index (χ1v) is 8.54. The van der Waals surface area contributed by atoms with Gasteiger partial charge in [-0.15, -0.1) is 0 Å². The molecule has 3 rings (SSSR count). The highest BCUT2D eigenvalue weighted by atomic mass is 16.3. The summed E-state index contributed by atoms with van der Waals surface area (Å²) in [5.41, 5.74) is 1.94. The number of hydrogen-bond acceptors (Lipinski definition) is 3. The molecule has 1 aromatic carbocycles. The van der Waals surface area contributed by atoms with Gasteiger partial charge in [-0.2, -0.15) is 0 Å². The van der Waals surface area contributed by atoms with E-state index in [0.717, 1.165) is 17.0 Å². The van der Waals surface area contributed by atoms with E-state index in [1.165, 1.54) is 0 Å². The number of carbonyl (C=O) groups is 2. The molecule has 0 radical (unpaired) electrons. The minimum Gasteiger partial charge on any atom is -0.467 e. The van der Waals surface area contributed by atoms with Crippen LogP contribution in [0.1, 0.15) is 24.2 Å². The van der Waals surface area contributed by atoms with Crippen LogP contribution in [0.25, 0.3) is 0 Å². The Kier molecular flexibility index (Phi) is 5.38. The van der Waals surface area contributed by atoms with Crippen molar-refractivity contribution in [3.63, 3.8) is 0 Å². The van der Waals surface area contributed by atoms with Crippen molar-refractivity contribution in [1.29, 1.82) is 0 Å². The van der Waals surface area contributed by atoms with Crippen LogP contribution >= 0.6 is 0 Å². The summed E-state index contributed by atoms with van der Waals surface area (Å²) in [6.07, 6.45) is 2.93. The van der Waals surface area contributed by atoms with Gasteiger partial charge in [0.05, 0.1) is 12.8 Å². The van der Waals surface area contributed by atoms with Crippen molar-refractivity contribution in [3.05, 3.63) is 54.0 Å². The average molecular weight is 341 g/mol. The minimum atomic E-state index is -0.113. The molecule has 1 fully saturated rings. The lowest BCUT2D eigenvalue weighted by Gasteiger charge is -2.31. The molecule has 0 spiro atoms. The van der Waals surface area contributed by atoms with E-state index < -0.39 is 0 Å². The molecule has 1 saturated heterocycles. The highest BCUT2D eigenvalue weighted by Gasteiger charge is 2.27. The van der Waals surface area contributed by atoms with Gasteiger partial charge in [0, 0.05) is 24.7 Å². The van der Waals surface area contributed by atoms with Crippen molar-refractivity contribution in [3.8, 4) is 0 Å². The molecular weight excluding hydrogens is 318 g/mol. The number of aryl methyl sites for hydroxylation is 1. The molecular formula is C19H23N3O3. The lowest BCUT2D eigenvalue weighted by Crippen LogP contribution is -2.44. The van der Waals surface area contributed by atoms with Crippen LogP contribution in [0.5, 0.6) is 0 Å². The summed E-state index contributed by atoms with van der Waals surface area (Å²) in [6.45, 7) is 3.57. The van der Waals surface area contributed by atoms with Crippen molar-refractivity contribution >= 4 is 17.6 Å². The summed E-state index contributed by atoms with van der Waals surface area (Å²) in [6, 6.07) is 11.2. The number of nitrogens with one attached hydrogen (secondary N) is 2. The first kappa shape index (κ1) is 17.1. The molecule has 1 aliphatic rings. The standard InChI is InChI=1S/C19H23N3O3/c1-14-4-6-16(7-5-14)21-19(24)22-10-8-15(9-11-22)18(23)20-13-17-3-2-12-25-17/h2-7,12,15H,8-11,13H2,1H3,(H,20,23)(H,21,24). The monoisotopic (exact) mass is 341 g/mol. The fraction of sp³-hybridized carbons (Fsp3) is 0.368. The van der Waals surface area contributed by atoms with Gasteiger partial charge >= 0.3 is 6.03 Å². The summed E-state index contributed by atoms with van der Waals surface area (Å²) in [4.78, 5) is 26.3. The van der Waals surface area contributed by atoms with Crippen molar-refractivity contribution < 1.29 is 14.0 Å². The number of likely N-dealkylation sites (tertiary alicyclic amines) is 1. The second-order valence-electron chi connectivity index (χ2n) is 6.35. The van der Waals surface area contributed by atoms with Gasteiger partial charge in [-0.1, -0.05) is 17.7 Å². The third kappa shape index (κ3) is 4.62. The van der Waals surface area contributed by atoms with Gasteiger partial charge in [-0.25, -0.2) is 4.79 Å². The van der Waals surface area contributed by atoms with E-state index in [4.69, 9.17) is 4.42 Å². The van der Waals surface area contributed by atoms with Crippen molar-refractivity contribution in [2.75, 3.05) is 18.4 Å². The molecule has 132 valence electrons. The fourth-order valence-corrected chi connectivity index (χ4v) is 2.92. The maximum absolute atomic E-state index is 12.3. The minimum absolute atomic E-state index is 0.0231. The zero-order chi connectivity index (χ0) is 17.6. The van der Waals surface area contributed by atoms with Crippen LogP contribution in [-0.2, 0) is 11.3 Å². The number of urea groups is 1. The molecule has 0 unspecified atom stereocenters. The van der Waals surface area contributed by atoms with E-state index in [2.05, 4.69) is 10.6 Å². The van der Waals surface area contributed by atoms with Crippen LogP contribution in [0, 0.1) is 12.8 Å². The SMILES string of the molecule is Cc1ccc(NC(=O)N2CCC(C(=O)NCc3ccco3)CC2)cc1. The second kappa shape index (κ2) is 7.88. The third-order valence-corrected chi connectivity index (χ3v) is 4.47. The molecule has 6 heteroatoms. The molecule has 0 atom stereocenters. The highest BCUT2D eigenvalue weighted by molar-refractivity contribution is 5.89. The van der Waals surface area contributed by atoms with E-state index in [-0.39, 0.29) is 17.9 Å². The van der Waals surface area contributed by atoms with E-state index in [1.54, 1.807) is 17.2 Å². The molecule has 0 aliphatic carbocycles. The Balaban J connectivity index is 1.43. The van der Waals surface area contributed by atoms with Crippen LogP contribution < -0.4 is 10.6 Å². The van der Waals surface area contributed by atoms with E-state index in [0.29, 0.717) is 32.5 Å². The molecule has 3 amide bonds. The molecule has 0 bridgehead atoms. The molecule has 6 nitrogen and oxygen atoms in total. The molecule has 1 aromatic heterocycles. The van der Waals surface area contributed by atoms with Gasteiger partial charge in [0.25, 0.3) is 0 Å². The van der Waals surface area contributed by atoms with Gasteiger partial charge < -0.3 is 20.0 Å². The third-order valence-electron chi connectivity index (χ3n) is 4.47. The van der Waals surface area contributed by atoms with Crippen molar-refractivity contribution in [2.24, 2.45) is 5.92 Å². The Hall–Kier alpha value is -2.76. The molecule has 25 heavy (non-hydrogen) atoms. The summed E-state index contributed by atoms with van der Waals surface area (Å²) in [5, 5.41) is 5.79. The van der Waals surface area contributed by atoms with Crippen molar-refractivity contribution in [2.45, 2.75) is 26.3 Å². The largest absolute Gasteiger partial charge is 0.467 e. The van der Waals surface area contributed by atoms with E-state index >= 15 is 0 Å². The highest BCUT2D eigenvalue weighted by Crippen LogP contribution is 2.19. The Bertz CT molecular complexity index is 702. The Morgan fingerprint density at radius 1 is 1.16 bits per heavy atom. The van der Waals surface area contributed by atoms with Gasteiger partial charge in [0.2, 0.25) is 5.91 Å². The number of nitrogens with zero attached hydrogens (tertiary/aromatic N) is 1. The van der Waals surface area contributed by atoms with Gasteiger partial charge in [0.1, 0.15) is 5.76 Å². The Morgan fingerprint density at radius 2 is 1.88 bits per heavy atom. The zero-order valence-electron chi connectivity index (χ0n) is 14.3. The molecule has 2 heterocycles. The maximum atomic E-state index is 12.3. The fourth-order valence-electron chi connectivity index (χ4n) is 2.92. The van der Waals surface area contributed by atoms with E-state index in [9.17, 15) is 9.59 Å². The number of furan rings is 1. The van der Waals surface area contributed by atoms with Gasteiger partial charge in [-0.05, 0) is 44.0 Å². The predicted octanol–water partition coefficient (Wildman–Crippen LogP) is 3.15. The van der Waals surface area contributed by atoms with Crippen LogP contribution in [0.3, 0.4) is 0 Å². The van der Waals surface area contributed by atoms with E-state index in [1.807, 2.05) is 37.3 Å².